The van der Waals surface area contributed by atoms with Crippen LogP contribution in [0.15, 0.2) is 18.5 Å². The number of morpholine rings is 1. The van der Waals surface area contributed by atoms with E-state index >= 15 is 0 Å². The summed E-state index contributed by atoms with van der Waals surface area (Å²) >= 11 is 0. The standard InChI is InChI=1S/C12H20N4O/c1-2-16-5-6-17-11(8-16)12(14)9-7-15-4-3-10(9)13/h3-4,7,11-12H,2,5-6,8,14H2,1H3,(H2,13,15). The van der Waals surface area contributed by atoms with E-state index in [0.29, 0.717) is 5.69 Å². The maximum atomic E-state index is 6.22. The molecule has 1 saturated heterocycles. The van der Waals surface area contributed by atoms with Gasteiger partial charge in [0.25, 0.3) is 0 Å². The minimum atomic E-state index is -0.210. The van der Waals surface area contributed by atoms with Crippen molar-refractivity contribution < 1.29 is 4.74 Å². The van der Waals surface area contributed by atoms with E-state index in [4.69, 9.17) is 16.2 Å². The first kappa shape index (κ1) is 12.3. The molecule has 1 aliphatic rings. The van der Waals surface area contributed by atoms with Crippen molar-refractivity contribution in [2.24, 2.45) is 5.73 Å². The van der Waals surface area contributed by atoms with Gasteiger partial charge in [-0.05, 0) is 12.6 Å². The molecule has 2 unspecified atom stereocenters. The molecule has 0 aliphatic carbocycles. The van der Waals surface area contributed by atoms with Crippen LogP contribution in [-0.4, -0.2) is 42.2 Å². The molecule has 5 nitrogen and oxygen atoms in total. The molecule has 17 heavy (non-hydrogen) atoms. The number of rotatable bonds is 3. The molecular formula is C12H20N4O. The van der Waals surface area contributed by atoms with Crippen LogP contribution in [0.25, 0.3) is 0 Å². The zero-order valence-electron chi connectivity index (χ0n) is 10.2. The summed E-state index contributed by atoms with van der Waals surface area (Å²) in [6.07, 6.45) is 3.40. The van der Waals surface area contributed by atoms with Gasteiger partial charge in [0.05, 0.1) is 18.8 Å². The van der Waals surface area contributed by atoms with E-state index in [0.717, 1.165) is 31.8 Å². The second kappa shape index (κ2) is 5.44. The highest BCUT2D eigenvalue weighted by molar-refractivity contribution is 5.46. The Labute approximate surface area is 102 Å². The minimum absolute atomic E-state index is 0.00444. The van der Waals surface area contributed by atoms with E-state index in [1.807, 2.05) is 0 Å². The normalized spacial score (nSPS) is 23.5. The minimum Gasteiger partial charge on any atom is -0.398 e. The van der Waals surface area contributed by atoms with Gasteiger partial charge in [0, 0.05) is 36.7 Å². The van der Waals surface area contributed by atoms with E-state index in [1.54, 1.807) is 18.5 Å². The maximum Gasteiger partial charge on any atom is 0.0896 e. The molecule has 1 fully saturated rings. The van der Waals surface area contributed by atoms with Gasteiger partial charge < -0.3 is 16.2 Å². The Morgan fingerprint density at radius 2 is 2.47 bits per heavy atom. The molecule has 0 spiro atoms. The number of ether oxygens (including phenoxy) is 1. The Kier molecular flexibility index (Phi) is 3.93. The number of anilines is 1. The number of hydrogen-bond donors (Lipinski definition) is 2. The predicted molar refractivity (Wildman–Crippen MR) is 67.4 cm³/mol. The third-order valence-electron chi connectivity index (χ3n) is 3.27. The van der Waals surface area contributed by atoms with Crippen LogP contribution in [0, 0.1) is 0 Å². The fourth-order valence-corrected chi connectivity index (χ4v) is 2.13. The Bertz CT molecular complexity index is 371. The molecule has 94 valence electrons. The van der Waals surface area contributed by atoms with Gasteiger partial charge in [-0.15, -0.1) is 0 Å². The SMILES string of the molecule is CCN1CCOC(C(N)c2cnccc2N)C1. The van der Waals surface area contributed by atoms with Crippen LogP contribution in [-0.2, 0) is 4.74 Å². The number of pyridine rings is 1. The summed E-state index contributed by atoms with van der Waals surface area (Å²) in [4.78, 5) is 6.41. The highest BCUT2D eigenvalue weighted by Gasteiger charge is 2.27. The Balaban J connectivity index is 2.09. The molecule has 5 heteroatoms. The number of likely N-dealkylation sites (N-methyl/N-ethyl adjacent to an activating group) is 1. The largest absolute Gasteiger partial charge is 0.398 e. The fourth-order valence-electron chi connectivity index (χ4n) is 2.13. The molecule has 0 radical (unpaired) electrons. The van der Waals surface area contributed by atoms with Crippen molar-refractivity contribution in [2.75, 3.05) is 32.0 Å². The average Bonchev–Trinajstić information content (AvgIpc) is 2.38. The fraction of sp³-hybridized carbons (Fsp3) is 0.583. The highest BCUT2D eigenvalue weighted by Crippen LogP contribution is 2.23. The number of aromatic nitrogens is 1. The summed E-state index contributed by atoms with van der Waals surface area (Å²) in [5.74, 6) is 0. The number of nitrogen functional groups attached to an aromatic ring is 1. The van der Waals surface area contributed by atoms with Crippen molar-refractivity contribution in [1.29, 1.82) is 0 Å². The number of nitrogens with two attached hydrogens (primary N) is 2. The van der Waals surface area contributed by atoms with Gasteiger partial charge in [-0.3, -0.25) is 9.88 Å². The molecule has 1 aliphatic heterocycles. The van der Waals surface area contributed by atoms with Crippen LogP contribution in [0.3, 0.4) is 0 Å². The molecule has 2 rings (SSSR count). The van der Waals surface area contributed by atoms with Crippen LogP contribution in [0.2, 0.25) is 0 Å². The van der Waals surface area contributed by atoms with E-state index in [2.05, 4.69) is 16.8 Å². The summed E-state index contributed by atoms with van der Waals surface area (Å²) < 4.78 is 5.73. The molecule has 0 amide bonds. The van der Waals surface area contributed by atoms with Gasteiger partial charge in [-0.25, -0.2) is 0 Å². The lowest BCUT2D eigenvalue weighted by Gasteiger charge is -2.35. The van der Waals surface area contributed by atoms with E-state index in [1.165, 1.54) is 0 Å². The van der Waals surface area contributed by atoms with E-state index in [9.17, 15) is 0 Å². The topological polar surface area (TPSA) is 77.4 Å². The van der Waals surface area contributed by atoms with Gasteiger partial charge >= 0.3 is 0 Å². The maximum absolute atomic E-state index is 6.22. The number of nitrogens with zero attached hydrogens (tertiary/aromatic N) is 2. The second-order valence-corrected chi connectivity index (χ2v) is 4.33. The van der Waals surface area contributed by atoms with Crippen molar-refractivity contribution in [3.8, 4) is 0 Å². The van der Waals surface area contributed by atoms with Crippen molar-refractivity contribution in [1.82, 2.24) is 9.88 Å². The zero-order valence-corrected chi connectivity index (χ0v) is 10.2. The Morgan fingerprint density at radius 3 is 3.18 bits per heavy atom. The van der Waals surface area contributed by atoms with Crippen LogP contribution in [0.4, 0.5) is 5.69 Å². The van der Waals surface area contributed by atoms with Gasteiger partial charge in [0.15, 0.2) is 0 Å². The van der Waals surface area contributed by atoms with Crippen LogP contribution < -0.4 is 11.5 Å². The van der Waals surface area contributed by atoms with E-state index < -0.39 is 0 Å². The molecule has 2 atom stereocenters. The average molecular weight is 236 g/mol. The van der Waals surface area contributed by atoms with Crippen LogP contribution in [0.5, 0.6) is 0 Å². The number of hydrogen-bond acceptors (Lipinski definition) is 5. The molecule has 0 bridgehead atoms. The summed E-state index contributed by atoms with van der Waals surface area (Å²) in [5, 5.41) is 0. The summed E-state index contributed by atoms with van der Waals surface area (Å²) in [6.45, 7) is 5.72. The smallest absolute Gasteiger partial charge is 0.0896 e. The lowest BCUT2D eigenvalue weighted by atomic mass is 10.0. The van der Waals surface area contributed by atoms with Crippen molar-refractivity contribution in [3.05, 3.63) is 24.0 Å². The molecular weight excluding hydrogens is 216 g/mol. The molecule has 0 aromatic carbocycles. The van der Waals surface area contributed by atoms with Crippen molar-refractivity contribution in [2.45, 2.75) is 19.1 Å². The molecule has 2 heterocycles. The van der Waals surface area contributed by atoms with E-state index in [-0.39, 0.29) is 12.1 Å². The van der Waals surface area contributed by atoms with Gasteiger partial charge in [-0.2, -0.15) is 0 Å². The van der Waals surface area contributed by atoms with Gasteiger partial charge in [-0.1, -0.05) is 6.92 Å². The van der Waals surface area contributed by atoms with Crippen LogP contribution >= 0.6 is 0 Å². The van der Waals surface area contributed by atoms with Crippen LogP contribution in [0.1, 0.15) is 18.5 Å². The first-order chi connectivity index (χ1) is 8.22. The van der Waals surface area contributed by atoms with Gasteiger partial charge in [0.2, 0.25) is 0 Å². The zero-order chi connectivity index (χ0) is 12.3. The monoisotopic (exact) mass is 236 g/mol. The quantitative estimate of drug-likeness (QED) is 0.793. The lowest BCUT2D eigenvalue weighted by molar-refractivity contribution is -0.0392. The summed E-state index contributed by atoms with van der Waals surface area (Å²) in [7, 11) is 0. The van der Waals surface area contributed by atoms with Crippen molar-refractivity contribution >= 4 is 5.69 Å². The molecule has 1 aromatic rings. The first-order valence-corrected chi connectivity index (χ1v) is 6.01. The lowest BCUT2D eigenvalue weighted by Crippen LogP contribution is -2.46. The molecule has 4 N–H and O–H groups in total. The predicted octanol–water partition coefficient (Wildman–Crippen LogP) is 0.384. The highest BCUT2D eigenvalue weighted by atomic mass is 16.5. The Hall–Kier alpha value is -1.17. The third kappa shape index (κ3) is 2.74. The van der Waals surface area contributed by atoms with Crippen molar-refractivity contribution in [3.63, 3.8) is 0 Å². The second-order valence-electron chi connectivity index (χ2n) is 4.33. The first-order valence-electron chi connectivity index (χ1n) is 6.01. The molecule has 0 saturated carbocycles. The third-order valence-corrected chi connectivity index (χ3v) is 3.27. The summed E-state index contributed by atoms with van der Waals surface area (Å²) in [5.41, 5.74) is 13.7. The summed E-state index contributed by atoms with van der Waals surface area (Å²) in [6, 6.07) is 1.56. The molecule has 1 aromatic heterocycles. The Morgan fingerprint density at radius 1 is 1.65 bits per heavy atom. The van der Waals surface area contributed by atoms with Gasteiger partial charge in [0.1, 0.15) is 0 Å².